The van der Waals surface area contributed by atoms with E-state index >= 15 is 0 Å². The third-order valence-electron chi connectivity index (χ3n) is 2.79. The summed E-state index contributed by atoms with van der Waals surface area (Å²) >= 11 is 1.33. The van der Waals surface area contributed by atoms with Gasteiger partial charge in [-0.05, 0) is 13.8 Å². The zero-order valence-electron chi connectivity index (χ0n) is 11.9. The number of thiazole rings is 1. The van der Waals surface area contributed by atoms with E-state index in [0.29, 0.717) is 11.5 Å². The van der Waals surface area contributed by atoms with Crippen LogP contribution in [0.3, 0.4) is 0 Å². The lowest BCUT2D eigenvalue weighted by Crippen LogP contribution is -2.43. The maximum absolute atomic E-state index is 12.5. The van der Waals surface area contributed by atoms with Gasteiger partial charge >= 0.3 is 0 Å². The number of anilines is 1. The summed E-state index contributed by atoms with van der Waals surface area (Å²) in [7, 11) is -2.44. The maximum Gasteiger partial charge on any atom is 0.261 e. The Morgan fingerprint density at radius 2 is 2.24 bits per heavy atom. The zero-order valence-corrected chi connectivity index (χ0v) is 13.5. The van der Waals surface area contributed by atoms with Gasteiger partial charge < -0.3 is 10.6 Å². The largest absolute Gasteiger partial charge is 0.368 e. The van der Waals surface area contributed by atoms with Gasteiger partial charge in [-0.2, -0.15) is 4.72 Å². The number of rotatable bonds is 6. The van der Waals surface area contributed by atoms with E-state index in [9.17, 15) is 13.2 Å². The van der Waals surface area contributed by atoms with Gasteiger partial charge in [0.15, 0.2) is 15.8 Å². The molecule has 0 aromatic carbocycles. The number of carbonyl (C=O) groups excluding carboxylic acids is 1. The first-order chi connectivity index (χ1) is 9.90. The van der Waals surface area contributed by atoms with E-state index in [4.69, 9.17) is 0 Å². The maximum atomic E-state index is 12.5. The Hall–Kier alpha value is -1.65. The van der Waals surface area contributed by atoms with Crippen LogP contribution < -0.4 is 15.4 Å². The molecule has 1 unspecified atom stereocenters. The molecule has 8 nitrogen and oxygen atoms in total. The van der Waals surface area contributed by atoms with Gasteiger partial charge in [0.05, 0.1) is 6.04 Å². The van der Waals surface area contributed by atoms with Gasteiger partial charge in [0.2, 0.25) is 5.91 Å². The van der Waals surface area contributed by atoms with Crippen molar-refractivity contribution < 1.29 is 13.2 Å². The highest BCUT2D eigenvalue weighted by atomic mass is 32.2. The van der Waals surface area contributed by atoms with Crippen molar-refractivity contribution in [2.24, 2.45) is 0 Å². The Morgan fingerprint density at radius 3 is 2.86 bits per heavy atom. The molecule has 0 aliphatic heterocycles. The van der Waals surface area contributed by atoms with E-state index in [2.05, 4.69) is 20.3 Å². The average molecular weight is 331 g/mol. The van der Waals surface area contributed by atoms with Crippen molar-refractivity contribution >= 4 is 38.0 Å². The van der Waals surface area contributed by atoms with Crippen molar-refractivity contribution in [1.82, 2.24) is 19.4 Å². The fraction of sp³-hybridized carbons (Fsp3) is 0.455. The molecule has 0 radical (unpaired) electrons. The molecule has 1 amide bonds. The van der Waals surface area contributed by atoms with Crippen LogP contribution in [0.4, 0.5) is 5.82 Å². The molecule has 0 bridgehead atoms. The molecule has 116 valence electrons. The number of hydrogen-bond donors (Lipinski definition) is 3. The second kappa shape index (κ2) is 6.00. The summed E-state index contributed by atoms with van der Waals surface area (Å²) < 4.78 is 28.9. The summed E-state index contributed by atoms with van der Waals surface area (Å²) in [5.74, 6) is -0.129. The van der Waals surface area contributed by atoms with Crippen LogP contribution in [0.1, 0.15) is 13.8 Å². The molecule has 2 aromatic rings. The van der Waals surface area contributed by atoms with Crippen LogP contribution in [0.15, 0.2) is 16.6 Å². The quantitative estimate of drug-likeness (QED) is 0.703. The summed E-state index contributed by atoms with van der Waals surface area (Å²) in [6.45, 7) is 3.87. The lowest BCUT2D eigenvalue weighted by Gasteiger charge is -2.13. The number of imidazole rings is 1. The third-order valence-corrected chi connectivity index (χ3v) is 5.11. The normalized spacial score (nSPS) is 13.3. The monoisotopic (exact) mass is 331 g/mol. The van der Waals surface area contributed by atoms with Crippen molar-refractivity contribution in [3.05, 3.63) is 11.6 Å². The minimum Gasteiger partial charge on any atom is -0.368 e. The molecule has 0 aliphatic carbocycles. The van der Waals surface area contributed by atoms with E-state index in [0.717, 1.165) is 0 Å². The fourth-order valence-electron chi connectivity index (χ4n) is 1.86. The van der Waals surface area contributed by atoms with Crippen molar-refractivity contribution in [1.29, 1.82) is 0 Å². The van der Waals surface area contributed by atoms with E-state index in [1.54, 1.807) is 11.6 Å². The number of likely N-dealkylation sites (N-methyl/N-ethyl adjacent to an activating group) is 1. The molecule has 1 atom stereocenters. The molecule has 0 fully saturated rings. The van der Waals surface area contributed by atoms with Gasteiger partial charge in [-0.15, -0.1) is 11.3 Å². The SMILES string of the molecule is CCNc1nc2sccn2c1S(=O)(=O)NC(C)C(=O)NC. The Bertz CT molecular complexity index is 749. The molecule has 3 N–H and O–H groups in total. The van der Waals surface area contributed by atoms with Crippen LogP contribution in [0.25, 0.3) is 4.96 Å². The number of hydrogen-bond acceptors (Lipinski definition) is 6. The molecule has 2 aromatic heterocycles. The zero-order chi connectivity index (χ0) is 15.6. The van der Waals surface area contributed by atoms with Gasteiger partial charge in [-0.1, -0.05) is 0 Å². The molecule has 21 heavy (non-hydrogen) atoms. The number of carbonyl (C=O) groups is 1. The first-order valence-corrected chi connectivity index (χ1v) is 8.70. The summed E-state index contributed by atoms with van der Waals surface area (Å²) in [5.41, 5.74) is 0. The van der Waals surface area contributed by atoms with Gasteiger partial charge in [-0.3, -0.25) is 9.20 Å². The molecule has 2 heterocycles. The molecule has 0 saturated heterocycles. The number of amides is 1. The summed E-state index contributed by atoms with van der Waals surface area (Å²) in [4.78, 5) is 16.3. The van der Waals surface area contributed by atoms with E-state index < -0.39 is 22.0 Å². The van der Waals surface area contributed by atoms with Crippen molar-refractivity contribution in [2.45, 2.75) is 24.9 Å². The van der Waals surface area contributed by atoms with Crippen molar-refractivity contribution in [3.63, 3.8) is 0 Å². The second-order valence-corrected chi connectivity index (χ2v) is 6.81. The first kappa shape index (κ1) is 15.7. The highest BCUT2D eigenvalue weighted by Crippen LogP contribution is 2.25. The molecule has 0 saturated carbocycles. The first-order valence-electron chi connectivity index (χ1n) is 6.34. The molecular weight excluding hydrogens is 314 g/mol. The van der Waals surface area contributed by atoms with Crippen molar-refractivity contribution in [3.8, 4) is 0 Å². The predicted octanol–water partition coefficient (Wildman–Crippen LogP) is 0.240. The average Bonchev–Trinajstić information content (AvgIpc) is 2.97. The van der Waals surface area contributed by atoms with Crippen LogP contribution in [0.2, 0.25) is 0 Å². The van der Waals surface area contributed by atoms with E-state index in [-0.39, 0.29) is 10.8 Å². The highest BCUT2D eigenvalue weighted by molar-refractivity contribution is 7.89. The molecule has 10 heteroatoms. The van der Waals surface area contributed by atoms with Crippen LogP contribution >= 0.6 is 11.3 Å². The standard InChI is InChI=1S/C11H17N5O3S2/c1-4-13-8-10(16-5-6-20-11(16)14-8)21(18,19)15-7(2)9(17)12-3/h5-7,13,15H,4H2,1-3H3,(H,12,17). The van der Waals surface area contributed by atoms with Gasteiger partial charge in [0.25, 0.3) is 10.0 Å². The third kappa shape index (κ3) is 3.01. The molecule has 2 rings (SSSR count). The Kier molecular flexibility index (Phi) is 4.49. The van der Waals surface area contributed by atoms with E-state index in [1.807, 2.05) is 6.92 Å². The van der Waals surface area contributed by atoms with Crippen LogP contribution in [0, 0.1) is 0 Å². The lowest BCUT2D eigenvalue weighted by atomic mass is 10.3. The predicted molar refractivity (Wildman–Crippen MR) is 81.1 cm³/mol. The Balaban J connectivity index is 2.45. The van der Waals surface area contributed by atoms with Gasteiger partial charge in [0.1, 0.15) is 0 Å². The molecular formula is C11H17N5O3S2. The molecule has 0 aliphatic rings. The smallest absolute Gasteiger partial charge is 0.261 e. The Morgan fingerprint density at radius 1 is 1.52 bits per heavy atom. The number of sulfonamides is 1. The number of nitrogens with zero attached hydrogens (tertiary/aromatic N) is 2. The summed E-state index contributed by atoms with van der Waals surface area (Å²) in [5, 5.41) is 7.09. The van der Waals surface area contributed by atoms with E-state index in [1.165, 1.54) is 29.7 Å². The fourth-order valence-corrected chi connectivity index (χ4v) is 4.10. The van der Waals surface area contributed by atoms with Crippen LogP contribution in [-0.2, 0) is 14.8 Å². The van der Waals surface area contributed by atoms with Gasteiger partial charge in [-0.25, -0.2) is 13.4 Å². The lowest BCUT2D eigenvalue weighted by molar-refractivity contribution is -0.121. The topological polar surface area (TPSA) is 105 Å². The Labute approximate surface area is 126 Å². The minimum atomic E-state index is -3.89. The second-order valence-electron chi connectivity index (χ2n) is 4.31. The number of nitrogens with one attached hydrogen (secondary N) is 3. The highest BCUT2D eigenvalue weighted by Gasteiger charge is 2.28. The van der Waals surface area contributed by atoms with Gasteiger partial charge in [0, 0.05) is 25.2 Å². The summed E-state index contributed by atoms with van der Waals surface area (Å²) in [6, 6.07) is -0.876. The van der Waals surface area contributed by atoms with Crippen LogP contribution in [0.5, 0.6) is 0 Å². The minimum absolute atomic E-state index is 0.0105. The van der Waals surface area contributed by atoms with Crippen LogP contribution in [-0.4, -0.2) is 43.3 Å². The molecule has 0 spiro atoms. The van der Waals surface area contributed by atoms with Crippen molar-refractivity contribution in [2.75, 3.05) is 18.9 Å². The number of fused-ring (bicyclic) bond motifs is 1. The summed E-state index contributed by atoms with van der Waals surface area (Å²) in [6.07, 6.45) is 1.63. The number of aromatic nitrogens is 2.